The van der Waals surface area contributed by atoms with Crippen LogP contribution in [0.5, 0.6) is 0 Å². The number of nitrogens with one attached hydrogen (secondary N) is 1. The van der Waals surface area contributed by atoms with Crippen molar-refractivity contribution in [2.45, 2.75) is 12.7 Å². The molecule has 0 unspecified atom stereocenters. The van der Waals surface area contributed by atoms with Gasteiger partial charge in [0.25, 0.3) is 0 Å². The van der Waals surface area contributed by atoms with Crippen LogP contribution in [-0.2, 0) is 15.3 Å². The molecule has 0 atom stereocenters. The van der Waals surface area contributed by atoms with Crippen LogP contribution in [0.15, 0.2) is 46.9 Å². The van der Waals surface area contributed by atoms with Crippen molar-refractivity contribution in [3.05, 3.63) is 54.0 Å². The van der Waals surface area contributed by atoms with Gasteiger partial charge in [-0.05, 0) is 31.2 Å². The van der Waals surface area contributed by atoms with Crippen LogP contribution in [0, 0.1) is 0 Å². The van der Waals surface area contributed by atoms with Crippen LogP contribution >= 0.6 is 11.8 Å². The monoisotopic (exact) mass is 319 g/mol. The van der Waals surface area contributed by atoms with Gasteiger partial charge < -0.3 is 14.5 Å². The molecule has 0 saturated carbocycles. The standard InChI is InChI=1S/C16H17NO4S/c1-2-20-16(19)14-9-8-13(21-14)10-22-11-15(18)17-12-6-4-3-5-7-12/h3-9H,2,10-11H2,1H3,(H,17,18). The van der Waals surface area contributed by atoms with E-state index < -0.39 is 5.97 Å². The Hall–Kier alpha value is -2.21. The van der Waals surface area contributed by atoms with Crippen molar-refractivity contribution in [1.82, 2.24) is 0 Å². The number of anilines is 1. The molecular weight excluding hydrogens is 302 g/mol. The molecule has 1 amide bonds. The molecule has 6 heteroatoms. The van der Waals surface area contributed by atoms with E-state index >= 15 is 0 Å². The quantitative estimate of drug-likeness (QED) is 0.793. The van der Waals surface area contributed by atoms with Crippen LogP contribution in [0.25, 0.3) is 0 Å². The second-order valence-corrected chi connectivity index (χ2v) is 5.38. The summed E-state index contributed by atoms with van der Waals surface area (Å²) in [7, 11) is 0. The summed E-state index contributed by atoms with van der Waals surface area (Å²) in [4.78, 5) is 23.2. The average Bonchev–Trinajstić information content (AvgIpc) is 2.97. The maximum atomic E-state index is 11.8. The van der Waals surface area contributed by atoms with E-state index in [4.69, 9.17) is 9.15 Å². The second-order valence-electron chi connectivity index (χ2n) is 4.39. The Bertz CT molecular complexity index is 624. The lowest BCUT2D eigenvalue weighted by molar-refractivity contribution is -0.113. The van der Waals surface area contributed by atoms with Crippen molar-refractivity contribution < 1.29 is 18.7 Å². The summed E-state index contributed by atoms with van der Waals surface area (Å²) in [5.74, 6) is 1.10. The molecule has 0 spiro atoms. The number of amides is 1. The van der Waals surface area contributed by atoms with Crippen LogP contribution in [0.4, 0.5) is 5.69 Å². The summed E-state index contributed by atoms with van der Waals surface area (Å²) >= 11 is 1.41. The normalized spacial score (nSPS) is 10.2. The molecule has 2 rings (SSSR count). The van der Waals surface area contributed by atoms with Crippen LogP contribution < -0.4 is 5.32 Å². The van der Waals surface area contributed by atoms with Gasteiger partial charge in [-0.25, -0.2) is 4.79 Å². The Labute approximate surface area is 133 Å². The zero-order chi connectivity index (χ0) is 15.8. The van der Waals surface area contributed by atoms with E-state index in [0.717, 1.165) is 5.69 Å². The Morgan fingerprint density at radius 2 is 1.95 bits per heavy atom. The molecule has 0 bridgehead atoms. The lowest BCUT2D eigenvalue weighted by Crippen LogP contribution is -2.13. The lowest BCUT2D eigenvalue weighted by Gasteiger charge is -2.04. The van der Waals surface area contributed by atoms with Crippen molar-refractivity contribution >= 4 is 29.3 Å². The van der Waals surface area contributed by atoms with Crippen LogP contribution in [0.3, 0.4) is 0 Å². The maximum Gasteiger partial charge on any atom is 0.374 e. The molecule has 1 aromatic heterocycles. The Morgan fingerprint density at radius 3 is 2.68 bits per heavy atom. The number of rotatable bonds is 7. The molecule has 0 aliphatic carbocycles. The van der Waals surface area contributed by atoms with Gasteiger partial charge in [0.15, 0.2) is 0 Å². The number of esters is 1. The van der Waals surface area contributed by atoms with Gasteiger partial charge in [0, 0.05) is 5.69 Å². The van der Waals surface area contributed by atoms with E-state index in [9.17, 15) is 9.59 Å². The van der Waals surface area contributed by atoms with Gasteiger partial charge >= 0.3 is 5.97 Å². The summed E-state index contributed by atoms with van der Waals surface area (Å²) in [6.07, 6.45) is 0. The summed E-state index contributed by atoms with van der Waals surface area (Å²) in [5, 5.41) is 2.80. The second kappa shape index (κ2) is 8.29. The predicted molar refractivity (Wildman–Crippen MR) is 85.9 cm³/mol. The van der Waals surface area contributed by atoms with Crippen molar-refractivity contribution in [3.63, 3.8) is 0 Å². The Kier molecular flexibility index (Phi) is 6.09. The minimum Gasteiger partial charge on any atom is -0.460 e. The van der Waals surface area contributed by atoms with Crippen molar-refractivity contribution in [2.24, 2.45) is 0 Å². The summed E-state index contributed by atoms with van der Waals surface area (Å²) in [5.41, 5.74) is 0.774. The summed E-state index contributed by atoms with van der Waals surface area (Å²) in [6.45, 7) is 2.05. The fourth-order valence-electron chi connectivity index (χ4n) is 1.73. The van der Waals surface area contributed by atoms with Gasteiger partial charge in [-0.3, -0.25) is 4.79 Å². The smallest absolute Gasteiger partial charge is 0.374 e. The molecule has 1 heterocycles. The SMILES string of the molecule is CCOC(=O)c1ccc(CSCC(=O)Nc2ccccc2)o1. The molecule has 0 aliphatic heterocycles. The van der Waals surface area contributed by atoms with Gasteiger partial charge in [0.1, 0.15) is 5.76 Å². The van der Waals surface area contributed by atoms with E-state index in [0.29, 0.717) is 23.9 Å². The van der Waals surface area contributed by atoms with Gasteiger partial charge in [-0.1, -0.05) is 18.2 Å². The number of ether oxygens (including phenoxy) is 1. The molecule has 1 N–H and O–H groups in total. The number of carbonyl (C=O) groups is 2. The van der Waals surface area contributed by atoms with Crippen molar-refractivity contribution in [3.8, 4) is 0 Å². The Morgan fingerprint density at radius 1 is 1.18 bits per heavy atom. The minimum absolute atomic E-state index is 0.0756. The van der Waals surface area contributed by atoms with Crippen molar-refractivity contribution in [2.75, 3.05) is 17.7 Å². The first-order chi connectivity index (χ1) is 10.7. The fraction of sp³-hybridized carbons (Fsp3) is 0.250. The molecule has 22 heavy (non-hydrogen) atoms. The molecule has 0 aliphatic rings. The highest BCUT2D eigenvalue weighted by Crippen LogP contribution is 2.16. The molecule has 5 nitrogen and oxygen atoms in total. The number of furan rings is 1. The van der Waals surface area contributed by atoms with E-state index in [1.165, 1.54) is 11.8 Å². The van der Waals surface area contributed by atoms with Crippen LogP contribution in [-0.4, -0.2) is 24.2 Å². The third kappa shape index (κ3) is 4.96. The highest BCUT2D eigenvalue weighted by Gasteiger charge is 2.12. The lowest BCUT2D eigenvalue weighted by atomic mass is 10.3. The third-order valence-corrected chi connectivity index (χ3v) is 3.63. The summed E-state index contributed by atoms with van der Waals surface area (Å²) < 4.78 is 10.2. The molecular formula is C16H17NO4S. The average molecular weight is 319 g/mol. The molecule has 0 radical (unpaired) electrons. The van der Waals surface area contributed by atoms with E-state index in [-0.39, 0.29) is 11.7 Å². The first-order valence-corrected chi connectivity index (χ1v) is 8.03. The first-order valence-electron chi connectivity index (χ1n) is 6.87. The highest BCUT2D eigenvalue weighted by molar-refractivity contribution is 7.99. The largest absolute Gasteiger partial charge is 0.460 e. The maximum absolute atomic E-state index is 11.8. The van der Waals surface area contributed by atoms with E-state index in [2.05, 4.69) is 5.32 Å². The topological polar surface area (TPSA) is 68.5 Å². The molecule has 2 aromatic rings. The highest BCUT2D eigenvalue weighted by atomic mass is 32.2. The van der Waals surface area contributed by atoms with E-state index in [1.807, 2.05) is 30.3 Å². The number of hydrogen-bond donors (Lipinski definition) is 1. The summed E-state index contributed by atoms with van der Waals surface area (Å²) in [6, 6.07) is 12.6. The zero-order valence-electron chi connectivity index (χ0n) is 12.2. The molecule has 0 saturated heterocycles. The van der Waals surface area contributed by atoms with Crippen molar-refractivity contribution in [1.29, 1.82) is 0 Å². The first kappa shape index (κ1) is 16.2. The third-order valence-electron chi connectivity index (χ3n) is 2.67. The molecule has 1 aromatic carbocycles. The zero-order valence-corrected chi connectivity index (χ0v) is 13.0. The molecule has 0 fully saturated rings. The predicted octanol–water partition coefficient (Wildman–Crippen LogP) is 3.33. The molecule has 116 valence electrons. The number of thioether (sulfide) groups is 1. The fourth-order valence-corrected chi connectivity index (χ4v) is 2.45. The minimum atomic E-state index is -0.472. The van der Waals surface area contributed by atoms with Crippen LogP contribution in [0.2, 0.25) is 0 Å². The number of hydrogen-bond acceptors (Lipinski definition) is 5. The van der Waals surface area contributed by atoms with Gasteiger partial charge in [-0.2, -0.15) is 0 Å². The van der Waals surface area contributed by atoms with Gasteiger partial charge in [0.05, 0.1) is 18.1 Å². The Balaban J connectivity index is 1.74. The van der Waals surface area contributed by atoms with Gasteiger partial charge in [-0.15, -0.1) is 11.8 Å². The number of para-hydroxylation sites is 1. The number of carbonyl (C=O) groups excluding carboxylic acids is 2. The van der Waals surface area contributed by atoms with Crippen LogP contribution in [0.1, 0.15) is 23.2 Å². The van der Waals surface area contributed by atoms with E-state index in [1.54, 1.807) is 19.1 Å². The number of benzene rings is 1. The van der Waals surface area contributed by atoms with Gasteiger partial charge in [0.2, 0.25) is 11.7 Å².